The number of aryl methyl sites for hydroxylation is 2. The first-order valence-corrected chi connectivity index (χ1v) is 9.34. The Morgan fingerprint density at radius 2 is 1.84 bits per heavy atom. The van der Waals surface area contributed by atoms with E-state index in [4.69, 9.17) is 0 Å². The third-order valence-corrected chi connectivity index (χ3v) is 5.61. The van der Waals surface area contributed by atoms with E-state index in [-0.39, 0.29) is 11.9 Å². The van der Waals surface area contributed by atoms with Crippen LogP contribution in [-0.2, 0) is 24.1 Å². The normalized spacial score (nSPS) is 20.5. The molecule has 0 N–H and O–H groups in total. The Kier molecular flexibility index (Phi) is 4.58. The molecule has 0 bridgehead atoms. The Morgan fingerprint density at radius 1 is 1.04 bits per heavy atom. The van der Waals surface area contributed by atoms with Gasteiger partial charge >= 0.3 is 0 Å². The minimum absolute atomic E-state index is 0.155. The number of hydrogen-bond donors (Lipinski definition) is 0. The van der Waals surface area contributed by atoms with Gasteiger partial charge in [-0.1, -0.05) is 48.5 Å². The molecule has 1 heterocycles. The molecule has 3 nitrogen and oxygen atoms in total. The molecule has 1 unspecified atom stereocenters. The van der Waals surface area contributed by atoms with Gasteiger partial charge in [0.15, 0.2) is 0 Å². The molecule has 1 aliphatic heterocycles. The van der Waals surface area contributed by atoms with E-state index < -0.39 is 0 Å². The molecule has 25 heavy (non-hydrogen) atoms. The predicted molar refractivity (Wildman–Crippen MR) is 101 cm³/mol. The summed E-state index contributed by atoms with van der Waals surface area (Å²) in [7, 11) is 2.14. The summed E-state index contributed by atoms with van der Waals surface area (Å²) in [6.45, 7) is 2.65. The lowest BCUT2D eigenvalue weighted by molar-refractivity contribution is -0.135. The van der Waals surface area contributed by atoms with Crippen molar-refractivity contribution in [2.24, 2.45) is 0 Å². The summed E-state index contributed by atoms with van der Waals surface area (Å²) in [4.78, 5) is 17.5. The average molecular weight is 334 g/mol. The van der Waals surface area contributed by atoms with Crippen LogP contribution in [0, 0.1) is 0 Å². The van der Waals surface area contributed by atoms with Gasteiger partial charge in [-0.2, -0.15) is 0 Å². The topological polar surface area (TPSA) is 23.6 Å². The molecule has 0 radical (unpaired) electrons. The number of nitrogens with zero attached hydrogens (tertiary/aromatic N) is 2. The Labute approximate surface area is 150 Å². The SMILES string of the molecule is CN1CCN(C(=O)Cc2ccc3c(c2)CCC3)C(c2ccccc2)C1. The van der Waals surface area contributed by atoms with Crippen LogP contribution in [0.15, 0.2) is 48.5 Å². The van der Waals surface area contributed by atoms with Gasteiger partial charge in [-0.3, -0.25) is 4.79 Å². The van der Waals surface area contributed by atoms with Crippen LogP contribution < -0.4 is 0 Å². The van der Waals surface area contributed by atoms with Crippen LogP contribution >= 0.6 is 0 Å². The number of piperazine rings is 1. The van der Waals surface area contributed by atoms with E-state index in [2.05, 4.69) is 59.3 Å². The zero-order chi connectivity index (χ0) is 17.2. The Morgan fingerprint density at radius 3 is 2.68 bits per heavy atom. The lowest BCUT2D eigenvalue weighted by Crippen LogP contribution is -2.49. The van der Waals surface area contributed by atoms with E-state index in [1.807, 2.05) is 6.07 Å². The minimum atomic E-state index is 0.155. The van der Waals surface area contributed by atoms with Crippen molar-refractivity contribution in [2.45, 2.75) is 31.7 Å². The molecule has 1 saturated heterocycles. The molecule has 130 valence electrons. The Bertz CT molecular complexity index is 756. The number of likely N-dealkylation sites (N-methyl/N-ethyl adjacent to an activating group) is 1. The summed E-state index contributed by atoms with van der Waals surface area (Å²) in [5, 5.41) is 0. The van der Waals surface area contributed by atoms with Crippen molar-refractivity contribution in [3.8, 4) is 0 Å². The maximum atomic E-state index is 13.1. The van der Waals surface area contributed by atoms with Gasteiger partial charge in [0.1, 0.15) is 0 Å². The first kappa shape index (κ1) is 16.3. The molecule has 1 amide bonds. The molecule has 0 spiro atoms. The molecule has 1 atom stereocenters. The van der Waals surface area contributed by atoms with E-state index in [9.17, 15) is 4.79 Å². The van der Waals surface area contributed by atoms with Gasteiger partial charge < -0.3 is 9.80 Å². The van der Waals surface area contributed by atoms with Crippen molar-refractivity contribution in [1.82, 2.24) is 9.80 Å². The summed E-state index contributed by atoms with van der Waals surface area (Å²) in [5.41, 5.74) is 5.31. The number of amides is 1. The molecular weight excluding hydrogens is 308 g/mol. The van der Waals surface area contributed by atoms with Gasteiger partial charge in [0.2, 0.25) is 5.91 Å². The van der Waals surface area contributed by atoms with Gasteiger partial charge in [-0.15, -0.1) is 0 Å². The second-order valence-corrected chi connectivity index (χ2v) is 7.41. The zero-order valence-electron chi connectivity index (χ0n) is 14.9. The van der Waals surface area contributed by atoms with E-state index in [0.717, 1.165) is 25.2 Å². The third kappa shape index (κ3) is 3.47. The number of rotatable bonds is 3. The summed E-state index contributed by atoms with van der Waals surface area (Å²) in [6.07, 6.45) is 4.12. The highest BCUT2D eigenvalue weighted by molar-refractivity contribution is 5.79. The fourth-order valence-corrected chi connectivity index (χ4v) is 4.19. The summed E-state index contributed by atoms with van der Waals surface area (Å²) < 4.78 is 0. The van der Waals surface area contributed by atoms with Gasteiger partial charge in [-0.25, -0.2) is 0 Å². The highest BCUT2D eigenvalue weighted by Gasteiger charge is 2.30. The molecule has 2 aliphatic rings. The second kappa shape index (κ2) is 7.01. The van der Waals surface area contributed by atoms with Gasteiger partial charge in [0.25, 0.3) is 0 Å². The van der Waals surface area contributed by atoms with E-state index in [0.29, 0.717) is 6.42 Å². The smallest absolute Gasteiger partial charge is 0.227 e. The highest BCUT2D eigenvalue weighted by atomic mass is 16.2. The monoisotopic (exact) mass is 334 g/mol. The standard InChI is InChI=1S/C22H26N2O/c1-23-12-13-24(21(16-23)19-6-3-2-4-7-19)22(25)15-17-10-11-18-8-5-9-20(18)14-17/h2-4,6-7,10-11,14,21H,5,8-9,12-13,15-16H2,1H3. The summed E-state index contributed by atoms with van der Waals surface area (Å²) in [5.74, 6) is 0.250. The van der Waals surface area contributed by atoms with Crippen LogP contribution in [-0.4, -0.2) is 42.4 Å². The molecule has 1 aliphatic carbocycles. The lowest BCUT2D eigenvalue weighted by atomic mass is 10.00. The van der Waals surface area contributed by atoms with Crippen LogP contribution in [0.2, 0.25) is 0 Å². The first-order chi connectivity index (χ1) is 12.2. The van der Waals surface area contributed by atoms with E-state index in [1.54, 1.807) is 0 Å². The maximum absolute atomic E-state index is 13.1. The second-order valence-electron chi connectivity index (χ2n) is 7.41. The van der Waals surface area contributed by atoms with Gasteiger partial charge in [0, 0.05) is 19.6 Å². The summed E-state index contributed by atoms with van der Waals surface area (Å²) in [6, 6.07) is 17.2. The number of carbonyl (C=O) groups is 1. The van der Waals surface area contributed by atoms with Crippen LogP contribution in [0.4, 0.5) is 0 Å². The molecule has 4 rings (SSSR count). The van der Waals surface area contributed by atoms with Crippen molar-refractivity contribution in [2.75, 3.05) is 26.7 Å². The van der Waals surface area contributed by atoms with Crippen molar-refractivity contribution >= 4 is 5.91 Å². The largest absolute Gasteiger partial charge is 0.333 e. The van der Waals surface area contributed by atoms with Gasteiger partial charge in [-0.05, 0) is 48.6 Å². The first-order valence-electron chi connectivity index (χ1n) is 9.34. The molecular formula is C22H26N2O. The highest BCUT2D eigenvalue weighted by Crippen LogP contribution is 2.27. The van der Waals surface area contributed by atoms with Crippen molar-refractivity contribution in [1.29, 1.82) is 0 Å². The number of benzene rings is 2. The van der Waals surface area contributed by atoms with E-state index in [1.165, 1.54) is 36.0 Å². The quantitative estimate of drug-likeness (QED) is 0.860. The fraction of sp³-hybridized carbons (Fsp3) is 0.409. The van der Waals surface area contributed by atoms with Gasteiger partial charge in [0.05, 0.1) is 12.5 Å². The number of fused-ring (bicyclic) bond motifs is 1. The molecule has 1 fully saturated rings. The third-order valence-electron chi connectivity index (χ3n) is 5.61. The van der Waals surface area contributed by atoms with Crippen molar-refractivity contribution in [3.05, 3.63) is 70.8 Å². The van der Waals surface area contributed by atoms with Crippen molar-refractivity contribution in [3.63, 3.8) is 0 Å². The van der Waals surface area contributed by atoms with Crippen LogP contribution in [0.3, 0.4) is 0 Å². The van der Waals surface area contributed by atoms with Crippen LogP contribution in [0.5, 0.6) is 0 Å². The number of carbonyl (C=O) groups excluding carboxylic acids is 1. The number of hydrogen-bond acceptors (Lipinski definition) is 2. The molecule has 2 aromatic carbocycles. The fourth-order valence-electron chi connectivity index (χ4n) is 4.19. The van der Waals surface area contributed by atoms with Crippen LogP contribution in [0.1, 0.15) is 34.7 Å². The molecule has 0 aromatic heterocycles. The molecule has 0 saturated carbocycles. The lowest BCUT2D eigenvalue weighted by Gasteiger charge is -2.40. The van der Waals surface area contributed by atoms with Crippen molar-refractivity contribution < 1.29 is 4.79 Å². The predicted octanol–water partition coefficient (Wildman–Crippen LogP) is 3.23. The summed E-state index contributed by atoms with van der Waals surface area (Å²) >= 11 is 0. The average Bonchev–Trinajstić information content (AvgIpc) is 3.10. The van der Waals surface area contributed by atoms with Crippen LogP contribution in [0.25, 0.3) is 0 Å². The molecule has 3 heteroatoms. The Balaban J connectivity index is 1.53. The van der Waals surface area contributed by atoms with E-state index >= 15 is 0 Å². The zero-order valence-corrected chi connectivity index (χ0v) is 14.9. The minimum Gasteiger partial charge on any atom is -0.333 e. The maximum Gasteiger partial charge on any atom is 0.227 e. The molecule has 2 aromatic rings. The Hall–Kier alpha value is -2.13.